The van der Waals surface area contributed by atoms with Crippen LogP contribution in [0.5, 0.6) is 5.75 Å². The van der Waals surface area contributed by atoms with Crippen LogP contribution in [0.4, 0.5) is 5.95 Å². The summed E-state index contributed by atoms with van der Waals surface area (Å²) >= 11 is 0. The number of phenolic OH excluding ortho intramolecular Hbond substituents is 1. The van der Waals surface area contributed by atoms with Crippen molar-refractivity contribution in [2.75, 3.05) is 11.9 Å². The third-order valence-electron chi connectivity index (χ3n) is 2.78. The summed E-state index contributed by atoms with van der Waals surface area (Å²) in [7, 11) is 0. The van der Waals surface area contributed by atoms with Crippen molar-refractivity contribution in [3.05, 3.63) is 24.3 Å². The van der Waals surface area contributed by atoms with Gasteiger partial charge in [-0.3, -0.25) is 4.57 Å². The highest BCUT2D eigenvalue weighted by atomic mass is 16.3. The first kappa shape index (κ1) is 10.1. The molecule has 0 radical (unpaired) electrons. The summed E-state index contributed by atoms with van der Waals surface area (Å²) in [5.74, 6) is 1.33. The van der Waals surface area contributed by atoms with E-state index in [4.69, 9.17) is 0 Å². The standard InChI is InChI=1S/C11H12N4O2/c16-7-5-12-11-14-13-10(15(11)6-7)8-3-1-2-4-9(8)17/h1-4,7,16-17H,5-6H2,(H,12,14). The maximum atomic E-state index is 9.79. The van der Waals surface area contributed by atoms with E-state index in [9.17, 15) is 10.2 Å². The molecule has 0 spiro atoms. The number of benzene rings is 1. The van der Waals surface area contributed by atoms with Gasteiger partial charge in [-0.25, -0.2) is 0 Å². The van der Waals surface area contributed by atoms with Gasteiger partial charge in [0.25, 0.3) is 0 Å². The van der Waals surface area contributed by atoms with Crippen molar-refractivity contribution in [3.8, 4) is 17.1 Å². The molecule has 88 valence electrons. The summed E-state index contributed by atoms with van der Waals surface area (Å²) in [4.78, 5) is 0. The molecule has 3 N–H and O–H groups in total. The number of hydrogen-bond donors (Lipinski definition) is 3. The van der Waals surface area contributed by atoms with Crippen LogP contribution in [0.1, 0.15) is 0 Å². The maximum Gasteiger partial charge on any atom is 0.225 e. The molecule has 0 saturated carbocycles. The fourth-order valence-corrected chi connectivity index (χ4v) is 1.95. The van der Waals surface area contributed by atoms with Crippen LogP contribution in [0.2, 0.25) is 0 Å². The summed E-state index contributed by atoms with van der Waals surface area (Å²) in [6.45, 7) is 0.901. The molecule has 1 unspecified atom stereocenters. The van der Waals surface area contributed by atoms with E-state index in [0.717, 1.165) is 0 Å². The Morgan fingerprint density at radius 2 is 2.12 bits per heavy atom. The van der Waals surface area contributed by atoms with E-state index in [2.05, 4.69) is 15.5 Å². The number of para-hydroxylation sites is 1. The molecule has 1 aromatic carbocycles. The molecule has 1 aliphatic heterocycles. The predicted molar refractivity (Wildman–Crippen MR) is 61.6 cm³/mol. The highest BCUT2D eigenvalue weighted by Crippen LogP contribution is 2.29. The number of aliphatic hydroxyl groups excluding tert-OH is 1. The lowest BCUT2D eigenvalue weighted by Crippen LogP contribution is -2.31. The molecule has 17 heavy (non-hydrogen) atoms. The van der Waals surface area contributed by atoms with E-state index < -0.39 is 6.10 Å². The van der Waals surface area contributed by atoms with Crippen LogP contribution in [-0.2, 0) is 6.54 Å². The van der Waals surface area contributed by atoms with Crippen LogP contribution in [-0.4, -0.2) is 37.6 Å². The van der Waals surface area contributed by atoms with E-state index in [-0.39, 0.29) is 5.75 Å². The molecule has 0 bridgehead atoms. The summed E-state index contributed by atoms with van der Waals surface area (Å²) in [5.41, 5.74) is 0.613. The van der Waals surface area contributed by atoms with Crippen molar-refractivity contribution in [1.29, 1.82) is 0 Å². The first-order chi connectivity index (χ1) is 8.25. The number of hydrogen-bond acceptors (Lipinski definition) is 5. The zero-order valence-corrected chi connectivity index (χ0v) is 9.04. The first-order valence-corrected chi connectivity index (χ1v) is 5.39. The summed E-state index contributed by atoms with van der Waals surface area (Å²) in [6, 6.07) is 6.94. The van der Waals surface area contributed by atoms with E-state index in [1.807, 2.05) is 6.07 Å². The van der Waals surface area contributed by atoms with E-state index in [0.29, 0.717) is 30.4 Å². The van der Waals surface area contributed by atoms with Gasteiger partial charge in [0.1, 0.15) is 5.75 Å². The number of fused-ring (bicyclic) bond motifs is 1. The second-order valence-corrected chi connectivity index (χ2v) is 4.01. The molecule has 0 aliphatic carbocycles. The molecule has 0 fully saturated rings. The van der Waals surface area contributed by atoms with Crippen molar-refractivity contribution >= 4 is 5.95 Å². The molecule has 3 rings (SSSR count). The van der Waals surface area contributed by atoms with Crippen molar-refractivity contribution < 1.29 is 10.2 Å². The molecule has 2 heterocycles. The van der Waals surface area contributed by atoms with Gasteiger partial charge < -0.3 is 15.5 Å². The number of nitrogens with zero attached hydrogens (tertiary/aromatic N) is 3. The Morgan fingerprint density at radius 1 is 1.29 bits per heavy atom. The van der Waals surface area contributed by atoms with Crippen molar-refractivity contribution in [2.45, 2.75) is 12.6 Å². The van der Waals surface area contributed by atoms with Gasteiger partial charge in [0.05, 0.1) is 18.2 Å². The van der Waals surface area contributed by atoms with Crippen molar-refractivity contribution in [2.24, 2.45) is 0 Å². The Hall–Kier alpha value is -2.08. The second kappa shape index (κ2) is 3.74. The number of β-amino-alcohol motifs (C(OH)–C–C–N with tert-alkyl or cyclic N) is 1. The number of aromatic nitrogens is 3. The van der Waals surface area contributed by atoms with Gasteiger partial charge in [0.2, 0.25) is 5.95 Å². The smallest absolute Gasteiger partial charge is 0.225 e. The Kier molecular flexibility index (Phi) is 2.22. The zero-order valence-electron chi connectivity index (χ0n) is 9.04. The van der Waals surface area contributed by atoms with Gasteiger partial charge >= 0.3 is 0 Å². The molecule has 0 amide bonds. The highest BCUT2D eigenvalue weighted by molar-refractivity contribution is 5.65. The maximum absolute atomic E-state index is 9.79. The summed E-state index contributed by atoms with van der Waals surface area (Å²) in [5, 5.41) is 30.4. The Morgan fingerprint density at radius 3 is 2.94 bits per heavy atom. The number of nitrogens with one attached hydrogen (secondary N) is 1. The van der Waals surface area contributed by atoms with Gasteiger partial charge in [0.15, 0.2) is 5.82 Å². The van der Waals surface area contributed by atoms with Crippen LogP contribution in [0.25, 0.3) is 11.4 Å². The van der Waals surface area contributed by atoms with Crippen LogP contribution < -0.4 is 5.32 Å². The average Bonchev–Trinajstić information content (AvgIpc) is 2.72. The van der Waals surface area contributed by atoms with E-state index in [1.54, 1.807) is 22.8 Å². The monoisotopic (exact) mass is 232 g/mol. The Bertz CT molecular complexity index is 552. The van der Waals surface area contributed by atoms with Crippen LogP contribution >= 0.6 is 0 Å². The molecular formula is C11H12N4O2. The van der Waals surface area contributed by atoms with Crippen LogP contribution in [0.3, 0.4) is 0 Å². The molecule has 1 aromatic heterocycles. The minimum Gasteiger partial charge on any atom is -0.507 e. The second-order valence-electron chi connectivity index (χ2n) is 4.01. The largest absolute Gasteiger partial charge is 0.507 e. The van der Waals surface area contributed by atoms with Gasteiger partial charge in [-0.2, -0.15) is 0 Å². The van der Waals surface area contributed by atoms with Gasteiger partial charge in [-0.05, 0) is 12.1 Å². The van der Waals surface area contributed by atoms with Gasteiger partial charge in [-0.15, -0.1) is 10.2 Å². The topological polar surface area (TPSA) is 83.2 Å². The van der Waals surface area contributed by atoms with E-state index >= 15 is 0 Å². The normalized spacial score (nSPS) is 18.5. The Balaban J connectivity index is 2.11. The number of aliphatic hydroxyl groups is 1. The fraction of sp³-hybridized carbons (Fsp3) is 0.273. The van der Waals surface area contributed by atoms with Crippen molar-refractivity contribution in [1.82, 2.24) is 14.8 Å². The molecule has 6 heteroatoms. The summed E-state index contributed by atoms with van der Waals surface area (Å²) < 4.78 is 1.77. The fourth-order valence-electron chi connectivity index (χ4n) is 1.95. The zero-order chi connectivity index (χ0) is 11.8. The number of aromatic hydroxyl groups is 1. The molecule has 1 aliphatic rings. The molecule has 6 nitrogen and oxygen atoms in total. The highest BCUT2D eigenvalue weighted by Gasteiger charge is 2.22. The lowest BCUT2D eigenvalue weighted by Gasteiger charge is -2.21. The Labute approximate surface area is 97.5 Å². The third-order valence-corrected chi connectivity index (χ3v) is 2.78. The molecule has 2 aromatic rings. The lowest BCUT2D eigenvalue weighted by atomic mass is 10.2. The van der Waals surface area contributed by atoms with Crippen molar-refractivity contribution in [3.63, 3.8) is 0 Å². The van der Waals surface area contributed by atoms with E-state index in [1.165, 1.54) is 0 Å². The lowest BCUT2D eigenvalue weighted by molar-refractivity contribution is 0.160. The summed E-state index contributed by atoms with van der Waals surface area (Å²) in [6.07, 6.45) is -0.469. The average molecular weight is 232 g/mol. The van der Waals surface area contributed by atoms with Gasteiger partial charge in [0, 0.05) is 6.54 Å². The molecule has 0 saturated heterocycles. The quantitative estimate of drug-likeness (QED) is 0.664. The molecule has 1 atom stereocenters. The number of phenols is 1. The van der Waals surface area contributed by atoms with Gasteiger partial charge in [-0.1, -0.05) is 12.1 Å². The minimum atomic E-state index is -0.469. The predicted octanol–water partition coefficient (Wildman–Crippen LogP) is 0.437. The third kappa shape index (κ3) is 1.62. The first-order valence-electron chi connectivity index (χ1n) is 5.39. The SMILES string of the molecule is Oc1ccccc1-c1nnc2n1CC(O)CN2. The van der Waals surface area contributed by atoms with Crippen LogP contribution in [0.15, 0.2) is 24.3 Å². The minimum absolute atomic E-state index is 0.155. The number of anilines is 1. The molecular weight excluding hydrogens is 220 g/mol. The van der Waals surface area contributed by atoms with Crippen LogP contribution in [0, 0.1) is 0 Å². The number of rotatable bonds is 1.